The van der Waals surface area contributed by atoms with Crippen LogP contribution in [0.5, 0.6) is 0 Å². The lowest BCUT2D eigenvalue weighted by molar-refractivity contribution is -0.135. The molecule has 5 heteroatoms. The molecule has 0 saturated carbocycles. The van der Waals surface area contributed by atoms with Crippen LogP contribution in [0.4, 0.5) is 0 Å². The molecule has 1 amide bonds. The minimum absolute atomic E-state index is 0.239. The molecule has 1 aromatic rings. The molecule has 2 aliphatic heterocycles. The third-order valence-corrected chi connectivity index (χ3v) is 5.10. The van der Waals surface area contributed by atoms with Gasteiger partial charge in [-0.25, -0.2) is 0 Å². The van der Waals surface area contributed by atoms with Gasteiger partial charge in [-0.2, -0.15) is 0 Å². The number of hydrogen-bond donors (Lipinski definition) is 0. The van der Waals surface area contributed by atoms with E-state index in [0.717, 1.165) is 39.1 Å². The highest BCUT2D eigenvalue weighted by Crippen LogP contribution is 2.34. The molecule has 3 heterocycles. The van der Waals surface area contributed by atoms with Gasteiger partial charge in [0.05, 0.1) is 25.3 Å². The van der Waals surface area contributed by atoms with Gasteiger partial charge in [-0.3, -0.25) is 9.69 Å². The lowest BCUT2D eigenvalue weighted by Gasteiger charge is -2.33. The van der Waals surface area contributed by atoms with Crippen molar-refractivity contribution in [1.82, 2.24) is 9.80 Å². The van der Waals surface area contributed by atoms with E-state index in [1.165, 1.54) is 4.88 Å². The molecular formula is C15H22N2O2S. The van der Waals surface area contributed by atoms with Gasteiger partial charge in [0.2, 0.25) is 5.91 Å². The summed E-state index contributed by atoms with van der Waals surface area (Å²) in [5.41, 5.74) is 0. The maximum atomic E-state index is 12.6. The van der Waals surface area contributed by atoms with Crippen molar-refractivity contribution in [1.29, 1.82) is 0 Å². The monoisotopic (exact) mass is 294 g/mol. The van der Waals surface area contributed by atoms with Crippen LogP contribution in [0.1, 0.15) is 30.7 Å². The number of carbonyl (C=O) groups excluding carboxylic acids is 1. The lowest BCUT2D eigenvalue weighted by Crippen LogP contribution is -2.46. The van der Waals surface area contributed by atoms with Crippen LogP contribution in [0.25, 0.3) is 0 Å². The highest BCUT2D eigenvalue weighted by Gasteiger charge is 2.31. The Balaban J connectivity index is 1.61. The van der Waals surface area contributed by atoms with Crippen molar-refractivity contribution in [3.8, 4) is 0 Å². The number of thiophene rings is 1. The fourth-order valence-corrected chi connectivity index (χ4v) is 4.03. The van der Waals surface area contributed by atoms with Crippen LogP contribution in [0.3, 0.4) is 0 Å². The molecule has 0 aromatic carbocycles. The van der Waals surface area contributed by atoms with Crippen LogP contribution in [0.2, 0.25) is 0 Å². The second-order valence-corrected chi connectivity index (χ2v) is 6.66. The number of likely N-dealkylation sites (tertiary alicyclic amines) is 1. The molecule has 2 atom stereocenters. The molecule has 4 nitrogen and oxygen atoms in total. The average molecular weight is 294 g/mol. The Hall–Kier alpha value is -0.910. The minimum Gasteiger partial charge on any atom is -0.376 e. The molecule has 3 rings (SSSR count). The van der Waals surface area contributed by atoms with Gasteiger partial charge < -0.3 is 9.64 Å². The molecule has 0 radical (unpaired) electrons. The van der Waals surface area contributed by atoms with Crippen molar-refractivity contribution in [2.75, 3.05) is 32.8 Å². The van der Waals surface area contributed by atoms with Crippen LogP contribution in [-0.4, -0.2) is 54.6 Å². The van der Waals surface area contributed by atoms with Gasteiger partial charge in [-0.05, 0) is 31.2 Å². The molecule has 110 valence electrons. The molecule has 20 heavy (non-hydrogen) atoms. The Morgan fingerprint density at radius 1 is 1.50 bits per heavy atom. The zero-order chi connectivity index (χ0) is 13.9. The number of morpholine rings is 1. The molecule has 0 bridgehead atoms. The minimum atomic E-state index is 0.239. The second kappa shape index (κ2) is 6.24. The molecule has 1 aromatic heterocycles. The quantitative estimate of drug-likeness (QED) is 0.856. The molecule has 0 aliphatic carbocycles. The van der Waals surface area contributed by atoms with Gasteiger partial charge in [-0.1, -0.05) is 6.07 Å². The third kappa shape index (κ3) is 3.05. The number of carbonyl (C=O) groups is 1. The highest BCUT2D eigenvalue weighted by molar-refractivity contribution is 7.10. The van der Waals surface area contributed by atoms with Crippen LogP contribution in [0.15, 0.2) is 17.5 Å². The Kier molecular flexibility index (Phi) is 4.38. The van der Waals surface area contributed by atoms with Crippen molar-refractivity contribution >= 4 is 17.2 Å². The predicted molar refractivity (Wildman–Crippen MR) is 79.9 cm³/mol. The van der Waals surface area contributed by atoms with Gasteiger partial charge >= 0.3 is 0 Å². The van der Waals surface area contributed by atoms with Crippen molar-refractivity contribution in [3.05, 3.63) is 22.4 Å². The normalized spacial score (nSPS) is 27.9. The third-order valence-electron chi connectivity index (χ3n) is 4.13. The van der Waals surface area contributed by atoms with Crippen LogP contribution >= 0.6 is 11.3 Å². The SMILES string of the molecule is C[C@@H]1CN(CC(=O)N2CCC[C@@H]2c2cccs2)CCO1. The summed E-state index contributed by atoms with van der Waals surface area (Å²) >= 11 is 1.76. The Morgan fingerprint density at radius 3 is 3.15 bits per heavy atom. The van der Waals surface area contributed by atoms with Crippen molar-refractivity contribution in [2.45, 2.75) is 31.9 Å². The van der Waals surface area contributed by atoms with E-state index >= 15 is 0 Å². The average Bonchev–Trinajstić information content (AvgIpc) is 3.09. The molecule has 2 fully saturated rings. The summed E-state index contributed by atoms with van der Waals surface area (Å²) < 4.78 is 5.53. The Bertz CT molecular complexity index is 449. The summed E-state index contributed by atoms with van der Waals surface area (Å²) in [4.78, 5) is 18.2. The highest BCUT2D eigenvalue weighted by atomic mass is 32.1. The first kappa shape index (κ1) is 14.0. The summed E-state index contributed by atoms with van der Waals surface area (Å²) in [6.45, 7) is 5.98. The van der Waals surface area contributed by atoms with Crippen molar-refractivity contribution < 1.29 is 9.53 Å². The first-order valence-corrected chi connectivity index (χ1v) is 8.29. The largest absolute Gasteiger partial charge is 0.376 e. The smallest absolute Gasteiger partial charge is 0.237 e. The molecule has 2 saturated heterocycles. The van der Waals surface area contributed by atoms with Crippen LogP contribution in [-0.2, 0) is 9.53 Å². The molecule has 0 N–H and O–H groups in total. The molecular weight excluding hydrogens is 272 g/mol. The maximum Gasteiger partial charge on any atom is 0.237 e. The summed E-state index contributed by atoms with van der Waals surface area (Å²) in [6.07, 6.45) is 2.46. The number of ether oxygens (including phenoxy) is 1. The van der Waals surface area contributed by atoms with E-state index < -0.39 is 0 Å². The molecule has 0 unspecified atom stereocenters. The molecule has 0 spiro atoms. The van der Waals surface area contributed by atoms with E-state index in [2.05, 4.69) is 34.2 Å². The second-order valence-electron chi connectivity index (χ2n) is 5.68. The maximum absolute atomic E-state index is 12.6. The van der Waals surface area contributed by atoms with E-state index in [0.29, 0.717) is 12.6 Å². The topological polar surface area (TPSA) is 32.8 Å². The van der Waals surface area contributed by atoms with E-state index in [1.807, 2.05) is 0 Å². The van der Waals surface area contributed by atoms with Crippen LogP contribution < -0.4 is 0 Å². The fourth-order valence-electron chi connectivity index (χ4n) is 3.16. The number of rotatable bonds is 3. The van der Waals surface area contributed by atoms with E-state index in [9.17, 15) is 4.79 Å². The lowest BCUT2D eigenvalue weighted by atomic mass is 10.2. The van der Waals surface area contributed by atoms with Crippen molar-refractivity contribution in [3.63, 3.8) is 0 Å². The zero-order valence-electron chi connectivity index (χ0n) is 12.0. The standard InChI is InChI=1S/C15H22N2O2S/c1-12-10-16(7-8-19-12)11-15(18)17-6-2-4-13(17)14-5-3-9-20-14/h3,5,9,12-13H,2,4,6-8,10-11H2,1H3/t12-,13-/m1/s1. The predicted octanol–water partition coefficient (Wildman–Crippen LogP) is 2.13. The number of amides is 1. The van der Waals surface area contributed by atoms with Gasteiger partial charge in [0.15, 0.2) is 0 Å². The summed E-state index contributed by atoms with van der Waals surface area (Å²) in [5.74, 6) is 0.273. The Morgan fingerprint density at radius 2 is 2.40 bits per heavy atom. The summed E-state index contributed by atoms with van der Waals surface area (Å²) in [7, 11) is 0. The van der Waals surface area contributed by atoms with Crippen molar-refractivity contribution in [2.24, 2.45) is 0 Å². The number of hydrogen-bond acceptors (Lipinski definition) is 4. The molecule has 2 aliphatic rings. The van der Waals surface area contributed by atoms with E-state index in [-0.39, 0.29) is 12.0 Å². The van der Waals surface area contributed by atoms with E-state index in [4.69, 9.17) is 4.74 Å². The first-order chi connectivity index (χ1) is 9.74. The fraction of sp³-hybridized carbons (Fsp3) is 0.667. The van der Waals surface area contributed by atoms with Gasteiger partial charge in [0.25, 0.3) is 0 Å². The van der Waals surface area contributed by atoms with Crippen LogP contribution in [0, 0.1) is 0 Å². The number of nitrogens with zero attached hydrogens (tertiary/aromatic N) is 2. The van der Waals surface area contributed by atoms with Gasteiger partial charge in [-0.15, -0.1) is 11.3 Å². The van der Waals surface area contributed by atoms with Gasteiger partial charge in [0.1, 0.15) is 0 Å². The first-order valence-electron chi connectivity index (χ1n) is 7.41. The summed E-state index contributed by atoms with van der Waals surface area (Å²) in [5, 5.41) is 2.10. The Labute approximate surface area is 124 Å². The summed E-state index contributed by atoms with van der Waals surface area (Å²) in [6, 6.07) is 4.53. The van der Waals surface area contributed by atoms with E-state index in [1.54, 1.807) is 11.3 Å². The zero-order valence-corrected chi connectivity index (χ0v) is 12.8. The van der Waals surface area contributed by atoms with Gasteiger partial charge in [0, 0.05) is 24.5 Å².